The fraction of sp³-hybridized carbons (Fsp3) is 0.429. The molecule has 0 atom stereocenters. The minimum absolute atomic E-state index is 0.102. The second-order valence-electron chi connectivity index (χ2n) is 4.65. The molecule has 0 heterocycles. The molecule has 0 spiro atoms. The molecule has 0 saturated carbocycles. The lowest BCUT2D eigenvalue weighted by molar-refractivity contribution is -0.120. The molecule has 0 bridgehead atoms. The summed E-state index contributed by atoms with van der Waals surface area (Å²) >= 11 is 0. The molecule has 1 aromatic carbocycles. The van der Waals surface area contributed by atoms with Crippen molar-refractivity contribution in [3.8, 4) is 0 Å². The number of carboxylic acid groups (broad SMARTS) is 1. The Balaban J connectivity index is 2.46. The minimum atomic E-state index is -1.00. The molecule has 5 heteroatoms. The molecule has 2 N–H and O–H groups in total. The van der Waals surface area contributed by atoms with Crippen molar-refractivity contribution in [2.75, 3.05) is 27.2 Å². The number of rotatable bonds is 7. The van der Waals surface area contributed by atoms with Crippen molar-refractivity contribution in [2.24, 2.45) is 0 Å². The first kappa shape index (κ1) is 15.2. The number of aromatic carboxylic acids is 1. The van der Waals surface area contributed by atoms with E-state index in [0.29, 0.717) is 12.1 Å². The van der Waals surface area contributed by atoms with Crippen molar-refractivity contribution in [3.05, 3.63) is 35.4 Å². The Hall–Kier alpha value is -1.88. The first-order valence-electron chi connectivity index (χ1n) is 6.23. The highest BCUT2D eigenvalue weighted by atomic mass is 16.4. The number of carboxylic acids is 1. The Kier molecular flexibility index (Phi) is 6.02. The molecule has 0 aliphatic carbocycles. The average Bonchev–Trinajstić information content (AvgIpc) is 2.35. The van der Waals surface area contributed by atoms with Gasteiger partial charge in [0.25, 0.3) is 0 Å². The van der Waals surface area contributed by atoms with Crippen molar-refractivity contribution < 1.29 is 14.7 Å². The number of carbonyl (C=O) groups is 2. The van der Waals surface area contributed by atoms with Gasteiger partial charge >= 0.3 is 5.97 Å². The lowest BCUT2D eigenvalue weighted by Crippen LogP contribution is -2.28. The van der Waals surface area contributed by atoms with Crippen LogP contribution in [-0.4, -0.2) is 49.1 Å². The number of hydrogen-bond acceptors (Lipinski definition) is 3. The minimum Gasteiger partial charge on any atom is -0.478 e. The van der Waals surface area contributed by atoms with E-state index in [1.165, 1.54) is 6.07 Å². The molecule has 1 rings (SSSR count). The Bertz CT molecular complexity index is 444. The molecule has 0 radical (unpaired) electrons. The Morgan fingerprint density at radius 1 is 1.26 bits per heavy atom. The summed E-state index contributed by atoms with van der Waals surface area (Å²) in [6, 6.07) is 6.57. The van der Waals surface area contributed by atoms with E-state index in [4.69, 9.17) is 5.11 Å². The van der Waals surface area contributed by atoms with Crippen LogP contribution in [0.4, 0.5) is 0 Å². The van der Waals surface area contributed by atoms with E-state index in [-0.39, 0.29) is 17.9 Å². The number of amides is 1. The number of benzene rings is 1. The molecule has 1 amide bonds. The van der Waals surface area contributed by atoms with Gasteiger partial charge in [-0.05, 0) is 38.7 Å². The van der Waals surface area contributed by atoms with Crippen LogP contribution in [0, 0.1) is 0 Å². The highest BCUT2D eigenvalue weighted by Gasteiger charge is 2.11. The molecule has 0 saturated heterocycles. The quantitative estimate of drug-likeness (QED) is 0.721. The predicted molar refractivity (Wildman–Crippen MR) is 73.3 cm³/mol. The zero-order valence-corrected chi connectivity index (χ0v) is 11.3. The summed E-state index contributed by atoms with van der Waals surface area (Å²) < 4.78 is 0. The van der Waals surface area contributed by atoms with Crippen LogP contribution in [-0.2, 0) is 11.2 Å². The molecule has 1 aromatic rings. The summed E-state index contributed by atoms with van der Waals surface area (Å²) in [4.78, 5) is 24.8. The van der Waals surface area contributed by atoms with Gasteiger partial charge in [-0.25, -0.2) is 4.79 Å². The van der Waals surface area contributed by atoms with Crippen LogP contribution in [0.3, 0.4) is 0 Å². The van der Waals surface area contributed by atoms with Gasteiger partial charge < -0.3 is 15.3 Å². The number of nitrogens with one attached hydrogen (secondary N) is 1. The molecule has 0 aliphatic heterocycles. The van der Waals surface area contributed by atoms with Gasteiger partial charge in [0.1, 0.15) is 0 Å². The van der Waals surface area contributed by atoms with E-state index < -0.39 is 5.97 Å². The van der Waals surface area contributed by atoms with E-state index in [1.54, 1.807) is 18.2 Å². The maximum absolute atomic E-state index is 11.7. The highest BCUT2D eigenvalue weighted by molar-refractivity contribution is 5.91. The first-order valence-corrected chi connectivity index (χ1v) is 6.23. The summed E-state index contributed by atoms with van der Waals surface area (Å²) in [5, 5.41) is 11.8. The first-order chi connectivity index (χ1) is 9.00. The van der Waals surface area contributed by atoms with Gasteiger partial charge in [-0.2, -0.15) is 0 Å². The van der Waals surface area contributed by atoms with Crippen LogP contribution < -0.4 is 5.32 Å². The lowest BCUT2D eigenvalue weighted by atomic mass is 10.0. The van der Waals surface area contributed by atoms with Gasteiger partial charge in [-0.3, -0.25) is 4.79 Å². The summed E-state index contributed by atoms with van der Waals surface area (Å²) in [5.74, 6) is -1.15. The average molecular weight is 264 g/mol. The fourth-order valence-corrected chi connectivity index (χ4v) is 1.74. The van der Waals surface area contributed by atoms with Gasteiger partial charge in [-0.15, -0.1) is 0 Å². The number of hydrogen-bond donors (Lipinski definition) is 2. The van der Waals surface area contributed by atoms with Crippen LogP contribution in [0.1, 0.15) is 22.3 Å². The van der Waals surface area contributed by atoms with Gasteiger partial charge in [0.2, 0.25) is 5.91 Å². The summed E-state index contributed by atoms with van der Waals surface area (Å²) in [6.07, 6.45) is 0.976. The summed E-state index contributed by atoms with van der Waals surface area (Å²) in [5.41, 5.74) is 0.728. The number of nitrogens with zero attached hydrogens (tertiary/aromatic N) is 1. The van der Waals surface area contributed by atoms with Gasteiger partial charge in [0.05, 0.1) is 12.0 Å². The van der Waals surface area contributed by atoms with E-state index in [2.05, 4.69) is 5.32 Å². The van der Waals surface area contributed by atoms with Crippen molar-refractivity contribution in [2.45, 2.75) is 12.8 Å². The van der Waals surface area contributed by atoms with Crippen LogP contribution >= 0.6 is 0 Å². The van der Waals surface area contributed by atoms with Gasteiger partial charge in [0, 0.05) is 6.54 Å². The topological polar surface area (TPSA) is 69.6 Å². The maximum atomic E-state index is 11.7. The Labute approximate surface area is 113 Å². The predicted octanol–water partition coefficient (Wildman–Crippen LogP) is 0.995. The van der Waals surface area contributed by atoms with E-state index >= 15 is 0 Å². The molecule has 0 unspecified atom stereocenters. The van der Waals surface area contributed by atoms with E-state index in [9.17, 15) is 9.59 Å². The lowest BCUT2D eigenvalue weighted by Gasteiger charge is -2.10. The van der Waals surface area contributed by atoms with Crippen LogP contribution in [0.25, 0.3) is 0 Å². The SMILES string of the molecule is CN(C)CCCNC(=O)Cc1ccccc1C(=O)O. The number of carbonyl (C=O) groups excluding carboxylic acids is 1. The van der Waals surface area contributed by atoms with Crippen molar-refractivity contribution in [1.29, 1.82) is 0 Å². The fourth-order valence-electron chi connectivity index (χ4n) is 1.74. The molecular weight excluding hydrogens is 244 g/mol. The van der Waals surface area contributed by atoms with Crippen molar-refractivity contribution in [3.63, 3.8) is 0 Å². The smallest absolute Gasteiger partial charge is 0.335 e. The largest absolute Gasteiger partial charge is 0.478 e. The second-order valence-corrected chi connectivity index (χ2v) is 4.65. The highest BCUT2D eigenvalue weighted by Crippen LogP contribution is 2.09. The third-order valence-electron chi connectivity index (χ3n) is 2.70. The normalized spacial score (nSPS) is 10.5. The molecule has 0 aromatic heterocycles. The molecule has 0 fully saturated rings. The van der Waals surface area contributed by atoms with E-state index in [0.717, 1.165) is 13.0 Å². The monoisotopic (exact) mass is 264 g/mol. The van der Waals surface area contributed by atoms with Gasteiger partial charge in [0.15, 0.2) is 0 Å². The van der Waals surface area contributed by atoms with Crippen LogP contribution in [0.15, 0.2) is 24.3 Å². The molecule has 19 heavy (non-hydrogen) atoms. The summed E-state index contributed by atoms with van der Waals surface area (Å²) in [6.45, 7) is 1.51. The third-order valence-corrected chi connectivity index (χ3v) is 2.70. The molecule has 0 aliphatic rings. The Morgan fingerprint density at radius 3 is 2.58 bits per heavy atom. The van der Waals surface area contributed by atoms with E-state index in [1.807, 2.05) is 19.0 Å². The zero-order valence-electron chi connectivity index (χ0n) is 11.3. The van der Waals surface area contributed by atoms with Crippen molar-refractivity contribution >= 4 is 11.9 Å². The third kappa shape index (κ3) is 5.52. The van der Waals surface area contributed by atoms with Gasteiger partial charge in [-0.1, -0.05) is 18.2 Å². The molecular formula is C14H20N2O3. The summed E-state index contributed by atoms with van der Waals surface area (Å²) in [7, 11) is 3.95. The second kappa shape index (κ2) is 7.53. The maximum Gasteiger partial charge on any atom is 0.335 e. The van der Waals surface area contributed by atoms with Crippen LogP contribution in [0.5, 0.6) is 0 Å². The van der Waals surface area contributed by atoms with Crippen LogP contribution in [0.2, 0.25) is 0 Å². The molecule has 104 valence electrons. The van der Waals surface area contributed by atoms with Crippen molar-refractivity contribution in [1.82, 2.24) is 10.2 Å². The molecule has 5 nitrogen and oxygen atoms in total. The standard InChI is InChI=1S/C14H20N2O3/c1-16(2)9-5-8-15-13(17)10-11-6-3-4-7-12(11)14(18)19/h3-4,6-7H,5,8-10H2,1-2H3,(H,15,17)(H,18,19). The zero-order chi connectivity index (χ0) is 14.3. The Morgan fingerprint density at radius 2 is 1.95 bits per heavy atom.